The smallest absolute Gasteiger partial charge is 0.269 e. The molecule has 0 spiro atoms. The van der Waals surface area contributed by atoms with Crippen molar-refractivity contribution < 1.29 is 27.9 Å². The molecule has 12 heteroatoms. The number of aliphatic hydroxyl groups is 1. The third-order valence-electron chi connectivity index (χ3n) is 10.3. The summed E-state index contributed by atoms with van der Waals surface area (Å²) in [6.07, 6.45) is -1.05. The molecular formula is C42H44N4O7S. The lowest BCUT2D eigenvalue weighted by atomic mass is 9.89. The Morgan fingerprint density at radius 2 is 1.46 bits per heavy atom. The number of benzene rings is 5. The average molecular weight is 749 g/mol. The second-order valence-electron chi connectivity index (χ2n) is 13.8. The number of hydrogen-bond donors (Lipinski definition) is 2. The van der Waals surface area contributed by atoms with Gasteiger partial charge in [0.05, 0.1) is 28.6 Å². The average Bonchev–Trinajstić information content (AvgIpc) is 3.22. The van der Waals surface area contributed by atoms with E-state index in [4.69, 9.17) is 9.47 Å². The van der Waals surface area contributed by atoms with Crippen molar-refractivity contribution in [3.05, 3.63) is 160 Å². The van der Waals surface area contributed by atoms with Crippen molar-refractivity contribution in [1.82, 2.24) is 9.62 Å². The number of piperazine rings is 1. The van der Waals surface area contributed by atoms with Crippen molar-refractivity contribution in [1.29, 1.82) is 0 Å². The Balaban J connectivity index is 1.08. The first-order valence-corrected chi connectivity index (χ1v) is 19.6. The molecule has 0 aliphatic carbocycles. The van der Waals surface area contributed by atoms with Gasteiger partial charge in [0.25, 0.3) is 5.69 Å². The van der Waals surface area contributed by atoms with Gasteiger partial charge in [0.15, 0.2) is 6.29 Å². The predicted molar refractivity (Wildman–Crippen MR) is 207 cm³/mol. The highest BCUT2D eigenvalue weighted by atomic mass is 32.2. The molecule has 11 nitrogen and oxygen atoms in total. The van der Waals surface area contributed by atoms with Gasteiger partial charge in [-0.3, -0.25) is 15.0 Å². The van der Waals surface area contributed by atoms with Crippen LogP contribution in [0.25, 0.3) is 11.1 Å². The summed E-state index contributed by atoms with van der Waals surface area (Å²) in [5, 5.41) is 20.8. The number of nitro benzene ring substituents is 1. The van der Waals surface area contributed by atoms with E-state index in [1.165, 1.54) is 0 Å². The van der Waals surface area contributed by atoms with Gasteiger partial charge in [0.1, 0.15) is 0 Å². The van der Waals surface area contributed by atoms with Crippen LogP contribution < -0.4 is 9.62 Å². The van der Waals surface area contributed by atoms with Gasteiger partial charge in [-0.05, 0) is 64.2 Å². The highest BCUT2D eigenvalue weighted by Crippen LogP contribution is 2.42. The fraction of sp³-hybridized carbons (Fsp3) is 0.286. The molecule has 0 amide bonds. The minimum Gasteiger partial charge on any atom is -0.392 e. The molecule has 2 saturated heterocycles. The highest BCUT2D eigenvalue weighted by Gasteiger charge is 2.39. The number of aliphatic hydroxyl groups excluding tert-OH is 1. The van der Waals surface area contributed by atoms with Crippen LogP contribution in [0.3, 0.4) is 0 Å². The summed E-state index contributed by atoms with van der Waals surface area (Å²) in [6, 6.07) is 38.8. The van der Waals surface area contributed by atoms with E-state index in [0.29, 0.717) is 6.54 Å². The van der Waals surface area contributed by atoms with Crippen LogP contribution in [0.2, 0.25) is 0 Å². The molecule has 2 aliphatic rings. The number of hydrogen-bond acceptors (Lipinski definition) is 9. The first-order valence-electron chi connectivity index (χ1n) is 18.1. The van der Waals surface area contributed by atoms with Gasteiger partial charge in [0.2, 0.25) is 10.0 Å². The van der Waals surface area contributed by atoms with Gasteiger partial charge >= 0.3 is 0 Å². The molecule has 2 aliphatic heterocycles. The van der Waals surface area contributed by atoms with Crippen LogP contribution in [0.1, 0.15) is 41.6 Å². The molecule has 4 unspecified atom stereocenters. The Hall–Kier alpha value is -4.95. The number of nitrogens with zero attached hydrogens (tertiary/aromatic N) is 3. The third-order valence-corrected chi connectivity index (χ3v) is 11.7. The molecule has 4 atom stereocenters. The summed E-state index contributed by atoms with van der Waals surface area (Å²) < 4.78 is 42.0. The molecule has 5 aromatic carbocycles. The van der Waals surface area contributed by atoms with Crippen LogP contribution in [0.5, 0.6) is 0 Å². The number of nitro groups is 1. The molecule has 0 radical (unpaired) electrons. The van der Waals surface area contributed by atoms with Crippen molar-refractivity contribution in [3.8, 4) is 11.1 Å². The Kier molecular flexibility index (Phi) is 11.5. The lowest BCUT2D eigenvalue weighted by molar-refractivity contribution is -0.384. The Labute approximate surface area is 316 Å². The van der Waals surface area contributed by atoms with Gasteiger partial charge in [0, 0.05) is 68.6 Å². The summed E-state index contributed by atoms with van der Waals surface area (Å²) in [7, 11) is -3.65. The quantitative estimate of drug-likeness (QED) is 0.104. The zero-order valence-corrected chi connectivity index (χ0v) is 30.8. The molecular weight excluding hydrogens is 705 g/mol. The number of non-ortho nitro benzene ring substituents is 1. The van der Waals surface area contributed by atoms with E-state index in [2.05, 4.69) is 27.5 Å². The minimum absolute atomic E-state index is 0.0217. The summed E-state index contributed by atoms with van der Waals surface area (Å²) >= 11 is 0. The monoisotopic (exact) mass is 748 g/mol. The standard InChI is InChI=1S/C42H44N4O7S/c1-30-40(28-44-21-23-45(24-22-44)37-17-19-38(20-18-37)46(48)49)52-42(53-41(30)33-15-13-31(29-47)14-16-33)36-10-6-9-35(26-36)34-8-5-7-32(25-34)27-43-54(50,51)39-11-3-2-4-12-39/h2-20,25-26,30,40-43,47H,21-24,27-29H2,1H3. The second kappa shape index (κ2) is 16.6. The first-order chi connectivity index (χ1) is 26.2. The molecule has 54 heavy (non-hydrogen) atoms. The Morgan fingerprint density at radius 3 is 2.15 bits per heavy atom. The molecule has 7 rings (SSSR count). The largest absolute Gasteiger partial charge is 0.392 e. The SMILES string of the molecule is CC1C(CN2CCN(c3ccc([N+](=O)[O-])cc3)CC2)OC(c2cccc(-c3cccc(CNS(=O)(=O)c4ccccc4)c3)c2)OC1c1ccc(CO)cc1. The minimum atomic E-state index is -3.65. The molecule has 280 valence electrons. The van der Waals surface area contributed by atoms with Crippen LogP contribution in [-0.2, 0) is 32.6 Å². The number of rotatable bonds is 12. The number of ether oxygens (including phenoxy) is 2. The molecule has 2 heterocycles. The van der Waals surface area contributed by atoms with Crippen molar-refractivity contribution in [2.24, 2.45) is 5.92 Å². The predicted octanol–water partition coefficient (Wildman–Crippen LogP) is 6.85. The van der Waals surface area contributed by atoms with Gasteiger partial charge in [-0.1, -0.05) is 85.8 Å². The second-order valence-corrected chi connectivity index (χ2v) is 15.6. The lowest BCUT2D eigenvalue weighted by Gasteiger charge is -2.44. The topological polar surface area (TPSA) is 134 Å². The van der Waals surface area contributed by atoms with Crippen molar-refractivity contribution in [3.63, 3.8) is 0 Å². The maximum Gasteiger partial charge on any atom is 0.269 e. The maximum atomic E-state index is 12.8. The van der Waals surface area contributed by atoms with E-state index >= 15 is 0 Å². The summed E-state index contributed by atoms with van der Waals surface area (Å²) in [5.74, 6) is 0.0217. The fourth-order valence-corrected chi connectivity index (χ4v) is 8.18. The van der Waals surface area contributed by atoms with Gasteiger partial charge in [-0.25, -0.2) is 13.1 Å². The molecule has 5 aromatic rings. The van der Waals surface area contributed by atoms with Gasteiger partial charge in [-0.15, -0.1) is 0 Å². The zero-order chi connectivity index (χ0) is 37.7. The Bertz CT molecular complexity index is 2140. The molecule has 0 saturated carbocycles. The van der Waals surface area contributed by atoms with Crippen molar-refractivity contribution in [2.45, 2.75) is 43.5 Å². The van der Waals surface area contributed by atoms with Gasteiger partial charge in [-0.2, -0.15) is 0 Å². The summed E-state index contributed by atoms with van der Waals surface area (Å²) in [6.45, 7) is 6.20. The van der Waals surface area contributed by atoms with Crippen molar-refractivity contribution >= 4 is 21.4 Å². The van der Waals surface area contributed by atoms with Crippen LogP contribution in [0.15, 0.2) is 132 Å². The first kappa shape index (κ1) is 37.4. The van der Waals surface area contributed by atoms with Gasteiger partial charge < -0.3 is 19.5 Å². The molecule has 0 bridgehead atoms. The number of anilines is 1. The third kappa shape index (κ3) is 8.71. The molecule has 0 aromatic heterocycles. The van der Waals surface area contributed by atoms with Crippen molar-refractivity contribution in [2.75, 3.05) is 37.6 Å². The van der Waals surface area contributed by atoms with E-state index in [-0.39, 0.29) is 46.8 Å². The van der Waals surface area contributed by atoms with E-state index in [1.54, 1.807) is 42.5 Å². The van der Waals surface area contributed by atoms with E-state index in [9.17, 15) is 23.6 Å². The summed E-state index contributed by atoms with van der Waals surface area (Å²) in [5.41, 5.74) is 6.51. The molecule has 2 fully saturated rings. The fourth-order valence-electron chi connectivity index (χ4n) is 7.14. The molecule has 2 N–H and O–H groups in total. The van der Waals surface area contributed by atoms with Crippen LogP contribution in [-0.4, -0.2) is 62.2 Å². The number of nitrogens with one attached hydrogen (secondary N) is 1. The number of sulfonamides is 1. The normalized spacial score (nSPS) is 20.8. The van der Waals surface area contributed by atoms with E-state index < -0.39 is 16.3 Å². The lowest BCUT2D eigenvalue weighted by Crippen LogP contribution is -2.51. The van der Waals surface area contributed by atoms with E-state index in [1.807, 2.05) is 78.9 Å². The summed E-state index contributed by atoms with van der Waals surface area (Å²) in [4.78, 5) is 15.6. The van der Waals surface area contributed by atoms with E-state index in [0.717, 1.165) is 65.2 Å². The zero-order valence-electron chi connectivity index (χ0n) is 30.0. The maximum absolute atomic E-state index is 12.8. The van der Waals surface area contributed by atoms with Crippen LogP contribution in [0, 0.1) is 16.0 Å². The van der Waals surface area contributed by atoms with Crippen LogP contribution >= 0.6 is 0 Å². The highest BCUT2D eigenvalue weighted by molar-refractivity contribution is 7.89. The van der Waals surface area contributed by atoms with Crippen LogP contribution in [0.4, 0.5) is 11.4 Å². The Morgan fingerprint density at radius 1 is 0.778 bits per heavy atom.